The quantitative estimate of drug-likeness (QED) is 0.617. The molecule has 25 heavy (non-hydrogen) atoms. The Hall–Kier alpha value is -2.59. The number of ether oxygens (including phenoxy) is 1. The Bertz CT molecular complexity index is 654. The van der Waals surface area contributed by atoms with E-state index in [4.69, 9.17) is 9.84 Å². The average molecular weight is 347 g/mol. The highest BCUT2D eigenvalue weighted by molar-refractivity contribution is 5.97. The maximum Gasteiger partial charge on any atom is 0.341 e. The van der Waals surface area contributed by atoms with Crippen molar-refractivity contribution in [1.29, 1.82) is 5.26 Å². The maximum atomic E-state index is 12.3. The fourth-order valence-corrected chi connectivity index (χ4v) is 1.94. The van der Waals surface area contributed by atoms with E-state index in [-0.39, 0.29) is 24.6 Å². The van der Waals surface area contributed by atoms with Crippen molar-refractivity contribution in [2.24, 2.45) is 5.92 Å². The molecule has 1 aromatic carbocycles. The van der Waals surface area contributed by atoms with Gasteiger partial charge in [-0.15, -0.1) is 0 Å². The van der Waals surface area contributed by atoms with E-state index >= 15 is 0 Å². The number of carbonyl (C=O) groups excluding carboxylic acids is 2. The average Bonchev–Trinajstić information content (AvgIpc) is 2.59. The number of amides is 1. The number of para-hydroxylation sites is 1. The number of hydrogen-bond donors (Lipinski definition) is 3. The van der Waals surface area contributed by atoms with E-state index in [1.807, 2.05) is 13.8 Å². The van der Waals surface area contributed by atoms with Gasteiger partial charge in [-0.05, 0) is 31.9 Å². The lowest BCUT2D eigenvalue weighted by Gasteiger charge is -2.28. The Morgan fingerprint density at radius 1 is 1.32 bits per heavy atom. The van der Waals surface area contributed by atoms with Gasteiger partial charge in [0.2, 0.25) is 0 Å². The molecule has 0 saturated heterocycles. The molecule has 7 heteroatoms. The number of hydrogen-bond acceptors (Lipinski definition) is 6. The van der Waals surface area contributed by atoms with Crippen LogP contribution in [-0.2, 0) is 9.53 Å². The number of aliphatic hydroxyl groups excluding tert-OH is 1. The topological polar surface area (TPSA) is 111 Å². The normalized spacial score (nSPS) is 14.1. The van der Waals surface area contributed by atoms with Crippen LogP contribution in [0, 0.1) is 17.2 Å². The minimum absolute atomic E-state index is 0.0792. The molecule has 0 fully saturated rings. The monoisotopic (exact) mass is 347 g/mol. The largest absolute Gasteiger partial charge is 0.449 e. The molecule has 0 spiro atoms. The number of nitrogens with one attached hydrogen (secondary N) is 2. The van der Waals surface area contributed by atoms with E-state index in [9.17, 15) is 14.9 Å². The lowest BCUT2D eigenvalue weighted by Crippen LogP contribution is -2.52. The smallest absolute Gasteiger partial charge is 0.341 e. The van der Waals surface area contributed by atoms with Gasteiger partial charge in [0.1, 0.15) is 5.54 Å². The molecule has 1 rings (SSSR count). The Labute approximate surface area is 148 Å². The Kier molecular flexibility index (Phi) is 7.40. The van der Waals surface area contributed by atoms with Gasteiger partial charge in [0.05, 0.1) is 18.2 Å². The maximum absolute atomic E-state index is 12.3. The van der Waals surface area contributed by atoms with Gasteiger partial charge >= 0.3 is 5.97 Å². The molecular formula is C18H25N3O4. The molecule has 0 saturated carbocycles. The van der Waals surface area contributed by atoms with E-state index in [1.165, 1.54) is 6.92 Å². The van der Waals surface area contributed by atoms with Crippen LogP contribution in [0.15, 0.2) is 24.3 Å². The number of rotatable bonds is 8. The summed E-state index contributed by atoms with van der Waals surface area (Å²) in [7, 11) is 0. The number of aliphatic hydroxyl groups is 1. The summed E-state index contributed by atoms with van der Waals surface area (Å²) in [5.74, 6) is -1.30. The SMILES string of the molecule is CC(OC(=O)c1ccccc1NCCO)C(=O)NC(C)(C#N)C(C)C. The van der Waals surface area contributed by atoms with Crippen LogP contribution >= 0.6 is 0 Å². The molecule has 3 N–H and O–H groups in total. The first-order valence-electron chi connectivity index (χ1n) is 8.13. The van der Waals surface area contributed by atoms with Crippen LogP contribution in [0.4, 0.5) is 5.69 Å². The molecule has 0 aromatic heterocycles. The van der Waals surface area contributed by atoms with Gasteiger partial charge in [-0.2, -0.15) is 5.26 Å². The summed E-state index contributed by atoms with van der Waals surface area (Å²) in [6.45, 7) is 6.93. The second-order valence-electron chi connectivity index (χ2n) is 6.20. The van der Waals surface area contributed by atoms with Crippen molar-refractivity contribution in [3.8, 4) is 6.07 Å². The number of nitriles is 1. The van der Waals surface area contributed by atoms with Crippen LogP contribution < -0.4 is 10.6 Å². The van der Waals surface area contributed by atoms with Gasteiger partial charge in [-0.25, -0.2) is 4.79 Å². The first-order valence-corrected chi connectivity index (χ1v) is 8.13. The molecule has 0 heterocycles. The number of carbonyl (C=O) groups is 2. The highest BCUT2D eigenvalue weighted by atomic mass is 16.5. The predicted molar refractivity (Wildman–Crippen MR) is 93.9 cm³/mol. The van der Waals surface area contributed by atoms with Crippen molar-refractivity contribution in [2.45, 2.75) is 39.3 Å². The number of anilines is 1. The standard InChI is InChI=1S/C18H25N3O4/c1-12(2)18(4,11-19)21-16(23)13(3)25-17(24)14-7-5-6-8-15(14)20-9-10-22/h5-8,12-13,20,22H,9-10H2,1-4H3,(H,21,23). The van der Waals surface area contributed by atoms with E-state index in [0.29, 0.717) is 5.69 Å². The van der Waals surface area contributed by atoms with E-state index in [0.717, 1.165) is 0 Å². The van der Waals surface area contributed by atoms with Crippen LogP contribution in [0.1, 0.15) is 38.1 Å². The lowest BCUT2D eigenvalue weighted by molar-refractivity contribution is -0.130. The molecule has 7 nitrogen and oxygen atoms in total. The molecular weight excluding hydrogens is 322 g/mol. The zero-order valence-corrected chi connectivity index (χ0v) is 15.0. The second kappa shape index (κ2) is 9.04. The van der Waals surface area contributed by atoms with Gasteiger partial charge in [-0.1, -0.05) is 26.0 Å². The summed E-state index contributed by atoms with van der Waals surface area (Å²) < 4.78 is 5.23. The van der Waals surface area contributed by atoms with Crippen molar-refractivity contribution in [3.63, 3.8) is 0 Å². The number of nitrogens with zero attached hydrogens (tertiary/aromatic N) is 1. The minimum Gasteiger partial charge on any atom is -0.449 e. The molecule has 1 aromatic rings. The molecule has 0 bridgehead atoms. The van der Waals surface area contributed by atoms with Crippen LogP contribution in [0.2, 0.25) is 0 Å². The van der Waals surface area contributed by atoms with Gasteiger partial charge < -0.3 is 20.5 Å². The fourth-order valence-electron chi connectivity index (χ4n) is 1.94. The first-order chi connectivity index (χ1) is 11.7. The van der Waals surface area contributed by atoms with Crippen LogP contribution in [0.3, 0.4) is 0 Å². The highest BCUT2D eigenvalue weighted by Gasteiger charge is 2.32. The Morgan fingerprint density at radius 2 is 1.96 bits per heavy atom. The van der Waals surface area contributed by atoms with E-state index in [1.54, 1.807) is 31.2 Å². The van der Waals surface area contributed by atoms with Gasteiger partial charge in [-0.3, -0.25) is 4.79 Å². The molecule has 136 valence electrons. The van der Waals surface area contributed by atoms with E-state index < -0.39 is 23.5 Å². The Morgan fingerprint density at radius 3 is 2.52 bits per heavy atom. The third kappa shape index (κ3) is 5.47. The van der Waals surface area contributed by atoms with Gasteiger partial charge in [0.25, 0.3) is 5.91 Å². The molecule has 0 aliphatic carbocycles. The van der Waals surface area contributed by atoms with Crippen LogP contribution in [0.25, 0.3) is 0 Å². The van der Waals surface area contributed by atoms with Gasteiger partial charge in [0, 0.05) is 12.2 Å². The predicted octanol–water partition coefficient (Wildman–Crippen LogP) is 1.69. The molecule has 2 atom stereocenters. The third-order valence-electron chi connectivity index (χ3n) is 4.00. The summed E-state index contributed by atoms with van der Waals surface area (Å²) in [5.41, 5.74) is -0.265. The fraction of sp³-hybridized carbons (Fsp3) is 0.500. The van der Waals surface area contributed by atoms with Crippen molar-refractivity contribution >= 4 is 17.6 Å². The molecule has 0 aliphatic heterocycles. The summed E-state index contributed by atoms with van der Waals surface area (Å²) in [6.07, 6.45) is -1.05. The molecule has 2 unspecified atom stereocenters. The zero-order chi connectivity index (χ0) is 19.0. The number of benzene rings is 1. The highest BCUT2D eigenvalue weighted by Crippen LogP contribution is 2.18. The molecule has 1 amide bonds. The summed E-state index contributed by atoms with van der Waals surface area (Å²) in [6, 6.07) is 8.75. The zero-order valence-electron chi connectivity index (χ0n) is 15.0. The van der Waals surface area contributed by atoms with Crippen molar-refractivity contribution in [3.05, 3.63) is 29.8 Å². The van der Waals surface area contributed by atoms with Crippen molar-refractivity contribution in [2.75, 3.05) is 18.5 Å². The summed E-state index contributed by atoms with van der Waals surface area (Å²) in [4.78, 5) is 24.6. The first kappa shape index (κ1) is 20.5. The second-order valence-corrected chi connectivity index (χ2v) is 6.20. The summed E-state index contributed by atoms with van der Waals surface area (Å²) in [5, 5.41) is 23.7. The third-order valence-corrected chi connectivity index (χ3v) is 4.00. The van der Waals surface area contributed by atoms with Crippen LogP contribution in [0.5, 0.6) is 0 Å². The van der Waals surface area contributed by atoms with Crippen molar-refractivity contribution < 1.29 is 19.4 Å². The molecule has 0 aliphatic rings. The van der Waals surface area contributed by atoms with Crippen LogP contribution in [-0.4, -0.2) is 41.8 Å². The summed E-state index contributed by atoms with van der Waals surface area (Å²) >= 11 is 0. The van der Waals surface area contributed by atoms with Crippen molar-refractivity contribution in [1.82, 2.24) is 5.32 Å². The Balaban J connectivity index is 2.80. The molecule has 0 radical (unpaired) electrons. The number of esters is 1. The lowest BCUT2D eigenvalue weighted by atomic mass is 9.90. The van der Waals surface area contributed by atoms with Gasteiger partial charge in [0.15, 0.2) is 6.10 Å². The van der Waals surface area contributed by atoms with E-state index in [2.05, 4.69) is 16.7 Å². The minimum atomic E-state index is -1.05.